The van der Waals surface area contributed by atoms with E-state index >= 15 is 0 Å². The van der Waals surface area contributed by atoms with Gasteiger partial charge in [-0.3, -0.25) is 9.59 Å². The van der Waals surface area contributed by atoms with Crippen LogP contribution in [0, 0.1) is 6.92 Å². The highest BCUT2D eigenvalue weighted by atomic mass is 16.5. The summed E-state index contributed by atoms with van der Waals surface area (Å²) in [5.41, 5.74) is 4.69. The lowest BCUT2D eigenvalue weighted by Gasteiger charge is -2.26. The Morgan fingerprint density at radius 2 is 2.00 bits per heavy atom. The molecule has 1 saturated heterocycles. The van der Waals surface area contributed by atoms with E-state index in [-0.39, 0.29) is 18.4 Å². The number of carbonyl (C=O) groups excluding carboxylic acids is 2. The third-order valence-electron chi connectivity index (χ3n) is 6.43. The minimum absolute atomic E-state index is 0.0570. The Morgan fingerprint density at radius 3 is 2.76 bits per heavy atom. The maximum absolute atomic E-state index is 12.6. The number of piperidine rings is 1. The van der Waals surface area contributed by atoms with Crippen molar-refractivity contribution in [1.82, 2.24) is 14.5 Å². The molecule has 0 saturated carbocycles. The number of aromatic nitrogens is 2. The molecule has 2 heterocycles. The van der Waals surface area contributed by atoms with E-state index < -0.39 is 0 Å². The number of imidazole rings is 1. The number of anilines is 1. The summed E-state index contributed by atoms with van der Waals surface area (Å²) in [4.78, 5) is 31.4. The summed E-state index contributed by atoms with van der Waals surface area (Å²) in [6.45, 7) is 7.70. The molecule has 4 rings (SSSR count). The van der Waals surface area contributed by atoms with E-state index in [1.54, 1.807) is 0 Å². The van der Waals surface area contributed by atoms with Crippen molar-refractivity contribution in [3.05, 3.63) is 53.3 Å². The van der Waals surface area contributed by atoms with Gasteiger partial charge in [0.15, 0.2) is 6.61 Å². The lowest BCUT2D eigenvalue weighted by Crippen LogP contribution is -2.36. The maximum Gasteiger partial charge on any atom is 0.262 e. The van der Waals surface area contributed by atoms with E-state index in [1.165, 1.54) is 0 Å². The Morgan fingerprint density at radius 1 is 1.18 bits per heavy atom. The van der Waals surface area contributed by atoms with Crippen LogP contribution in [0.2, 0.25) is 0 Å². The van der Waals surface area contributed by atoms with Gasteiger partial charge in [0.25, 0.3) is 5.91 Å². The van der Waals surface area contributed by atoms with E-state index in [2.05, 4.69) is 35.9 Å². The molecule has 2 aromatic carbocycles. The number of fused-ring (bicyclic) bond motifs is 1. The first-order valence-electron chi connectivity index (χ1n) is 12.1. The van der Waals surface area contributed by atoms with Crippen LogP contribution in [-0.2, 0) is 23.1 Å². The maximum atomic E-state index is 12.6. The smallest absolute Gasteiger partial charge is 0.262 e. The van der Waals surface area contributed by atoms with Crippen LogP contribution < -0.4 is 10.1 Å². The average molecular weight is 463 g/mol. The number of hydrogen-bond acceptors (Lipinski definition) is 4. The van der Waals surface area contributed by atoms with Gasteiger partial charge in [-0.25, -0.2) is 4.98 Å². The van der Waals surface area contributed by atoms with Gasteiger partial charge in [-0.1, -0.05) is 26.0 Å². The van der Waals surface area contributed by atoms with Gasteiger partial charge in [0.1, 0.15) is 11.6 Å². The van der Waals surface area contributed by atoms with E-state index in [1.807, 2.05) is 43.1 Å². The highest BCUT2D eigenvalue weighted by Crippen LogP contribution is 2.27. The Labute approximate surface area is 201 Å². The zero-order valence-corrected chi connectivity index (χ0v) is 20.6. The van der Waals surface area contributed by atoms with Crippen molar-refractivity contribution >= 4 is 28.5 Å². The summed E-state index contributed by atoms with van der Waals surface area (Å²) in [6.07, 6.45) is 3.42. The van der Waals surface area contributed by atoms with E-state index in [0.29, 0.717) is 31.0 Å². The third kappa shape index (κ3) is 5.41. The minimum Gasteiger partial charge on any atom is -0.483 e. The normalized spacial score (nSPS) is 14.1. The lowest BCUT2D eigenvalue weighted by molar-refractivity contribution is -0.133. The molecule has 1 aliphatic heterocycles. The second-order valence-electron chi connectivity index (χ2n) is 9.41. The molecule has 7 heteroatoms. The highest BCUT2D eigenvalue weighted by molar-refractivity contribution is 5.94. The average Bonchev–Trinajstić information content (AvgIpc) is 3.11. The van der Waals surface area contributed by atoms with Crippen molar-refractivity contribution in [2.45, 2.75) is 52.4 Å². The Balaban J connectivity index is 1.39. The summed E-state index contributed by atoms with van der Waals surface area (Å²) < 4.78 is 7.92. The fourth-order valence-corrected chi connectivity index (χ4v) is 4.47. The number of carbonyl (C=O) groups is 2. The fraction of sp³-hybridized carbons (Fsp3) is 0.444. The number of nitrogens with zero attached hydrogens (tertiary/aromatic N) is 3. The van der Waals surface area contributed by atoms with Crippen molar-refractivity contribution in [2.75, 3.05) is 25.0 Å². The summed E-state index contributed by atoms with van der Waals surface area (Å²) in [7, 11) is 1.99. The predicted molar refractivity (Wildman–Crippen MR) is 134 cm³/mol. The van der Waals surface area contributed by atoms with Gasteiger partial charge >= 0.3 is 0 Å². The quantitative estimate of drug-likeness (QED) is 0.532. The molecule has 0 spiro atoms. The first-order valence-corrected chi connectivity index (χ1v) is 12.1. The number of ether oxygens (including phenoxy) is 1. The molecule has 0 bridgehead atoms. The third-order valence-corrected chi connectivity index (χ3v) is 6.43. The SMILES string of the molecule is Cc1ccc(C(C)C)c(OCC(=O)Nc2ccc3c(c2)nc(CCN2CCCCC2=O)n3C)c1. The molecule has 0 radical (unpaired) electrons. The molecule has 7 nitrogen and oxygen atoms in total. The molecule has 2 amide bonds. The van der Waals surface area contributed by atoms with Gasteiger partial charge in [0.2, 0.25) is 5.91 Å². The molecule has 1 aliphatic rings. The predicted octanol–water partition coefficient (Wildman–Crippen LogP) is 4.58. The van der Waals surface area contributed by atoms with E-state index in [4.69, 9.17) is 9.72 Å². The number of likely N-dealkylation sites (tertiary alicyclic amines) is 1. The fourth-order valence-electron chi connectivity index (χ4n) is 4.47. The summed E-state index contributed by atoms with van der Waals surface area (Å²) in [5.74, 6) is 2.02. The Kier molecular flexibility index (Phi) is 7.20. The first kappa shape index (κ1) is 23.8. The van der Waals surface area contributed by atoms with Crippen molar-refractivity contribution < 1.29 is 14.3 Å². The largest absolute Gasteiger partial charge is 0.483 e. The second-order valence-corrected chi connectivity index (χ2v) is 9.41. The van der Waals surface area contributed by atoms with Crippen LogP contribution in [0.3, 0.4) is 0 Å². The van der Waals surface area contributed by atoms with Crippen LogP contribution in [0.5, 0.6) is 5.75 Å². The number of hydrogen-bond donors (Lipinski definition) is 1. The molecule has 1 N–H and O–H groups in total. The van der Waals surface area contributed by atoms with Gasteiger partial charge in [-0.2, -0.15) is 0 Å². The summed E-state index contributed by atoms with van der Waals surface area (Å²) >= 11 is 0. The topological polar surface area (TPSA) is 76.5 Å². The van der Waals surface area contributed by atoms with Crippen molar-refractivity contribution in [1.29, 1.82) is 0 Å². The zero-order chi connectivity index (χ0) is 24.2. The monoisotopic (exact) mass is 462 g/mol. The minimum atomic E-state index is -0.213. The summed E-state index contributed by atoms with van der Waals surface area (Å²) in [5, 5.41) is 2.92. The molecule has 0 aliphatic carbocycles. The van der Waals surface area contributed by atoms with Crippen molar-refractivity contribution in [2.24, 2.45) is 7.05 Å². The van der Waals surface area contributed by atoms with Gasteiger partial charge in [0.05, 0.1) is 11.0 Å². The molecule has 1 aromatic heterocycles. The molecule has 0 atom stereocenters. The number of nitrogens with one attached hydrogen (secondary N) is 1. The van der Waals surface area contributed by atoms with Crippen LogP contribution in [-0.4, -0.2) is 46.0 Å². The lowest BCUT2D eigenvalue weighted by atomic mass is 10.0. The Hall–Kier alpha value is -3.35. The van der Waals surface area contributed by atoms with Gasteiger partial charge in [0, 0.05) is 38.7 Å². The van der Waals surface area contributed by atoms with Crippen LogP contribution in [0.4, 0.5) is 5.69 Å². The molecule has 180 valence electrons. The van der Waals surface area contributed by atoms with Crippen molar-refractivity contribution in [3.63, 3.8) is 0 Å². The number of aryl methyl sites for hydroxylation is 2. The molecular weight excluding hydrogens is 428 g/mol. The first-order chi connectivity index (χ1) is 16.3. The van der Waals surface area contributed by atoms with E-state index in [0.717, 1.165) is 53.1 Å². The van der Waals surface area contributed by atoms with Gasteiger partial charge in [-0.05, 0) is 61.1 Å². The standard InChI is InChI=1S/C27H34N4O3/c1-18(2)21-10-8-19(3)15-24(21)34-17-26(32)28-20-9-11-23-22(16-20)29-25(30(23)4)12-14-31-13-6-5-7-27(31)33/h8-11,15-16,18H,5-7,12-14,17H2,1-4H3,(H,28,32). The highest BCUT2D eigenvalue weighted by Gasteiger charge is 2.19. The van der Waals surface area contributed by atoms with Crippen LogP contribution in [0.25, 0.3) is 11.0 Å². The summed E-state index contributed by atoms with van der Waals surface area (Å²) in [6, 6.07) is 11.8. The van der Waals surface area contributed by atoms with Crippen LogP contribution in [0.15, 0.2) is 36.4 Å². The van der Waals surface area contributed by atoms with Gasteiger partial charge < -0.3 is 19.5 Å². The molecule has 34 heavy (non-hydrogen) atoms. The van der Waals surface area contributed by atoms with Gasteiger partial charge in [-0.15, -0.1) is 0 Å². The molecule has 1 fully saturated rings. The Bertz CT molecular complexity index is 1200. The number of benzene rings is 2. The van der Waals surface area contributed by atoms with Crippen LogP contribution >= 0.6 is 0 Å². The zero-order valence-electron chi connectivity index (χ0n) is 20.6. The molecule has 3 aromatic rings. The number of rotatable bonds is 8. The molecular formula is C27H34N4O3. The second kappa shape index (κ2) is 10.3. The van der Waals surface area contributed by atoms with E-state index in [9.17, 15) is 9.59 Å². The van der Waals surface area contributed by atoms with Crippen LogP contribution in [0.1, 0.15) is 56.0 Å². The molecule has 0 unspecified atom stereocenters. The van der Waals surface area contributed by atoms with Crippen molar-refractivity contribution in [3.8, 4) is 5.75 Å². The number of amides is 2.